The van der Waals surface area contributed by atoms with Crippen LogP contribution in [0.2, 0.25) is 0 Å². The van der Waals surface area contributed by atoms with Crippen molar-refractivity contribution in [3.05, 3.63) is 6.33 Å². The lowest BCUT2D eigenvalue weighted by molar-refractivity contribution is 0.206. The summed E-state index contributed by atoms with van der Waals surface area (Å²) in [6.07, 6.45) is 2.77. The van der Waals surface area contributed by atoms with Crippen molar-refractivity contribution in [2.24, 2.45) is 5.92 Å². The smallest absolute Gasteiger partial charge is 0.226 e. The van der Waals surface area contributed by atoms with Crippen molar-refractivity contribution in [1.82, 2.24) is 24.8 Å². The first-order valence-electron chi connectivity index (χ1n) is 7.01. The molecule has 2 atom stereocenters. The molecule has 3 heterocycles. The van der Waals surface area contributed by atoms with Gasteiger partial charge in [0, 0.05) is 19.6 Å². The summed E-state index contributed by atoms with van der Waals surface area (Å²) in [6.45, 7) is 4.49. The van der Waals surface area contributed by atoms with Gasteiger partial charge < -0.3 is 20.5 Å². The van der Waals surface area contributed by atoms with Crippen LogP contribution in [0.5, 0.6) is 0 Å². The average molecular weight is 275 g/mol. The standard InChI is InChI=1S/C13H21N7/c1-8-6-20(3)5-4-9(8)17-12-10-11(16-7-15-10)18-13(14-2)19-12/h7-9H,4-6H2,1-3H3,(H3,14,15,16,17,18,19). The molecule has 108 valence electrons. The Hall–Kier alpha value is -1.89. The highest BCUT2D eigenvalue weighted by molar-refractivity contribution is 5.83. The molecular formula is C13H21N7. The van der Waals surface area contributed by atoms with Crippen molar-refractivity contribution in [3.8, 4) is 0 Å². The number of anilines is 2. The molecule has 7 heteroatoms. The van der Waals surface area contributed by atoms with Crippen LogP contribution in [-0.4, -0.2) is 58.1 Å². The van der Waals surface area contributed by atoms with Crippen LogP contribution in [0.1, 0.15) is 13.3 Å². The van der Waals surface area contributed by atoms with Crippen molar-refractivity contribution in [3.63, 3.8) is 0 Å². The van der Waals surface area contributed by atoms with Crippen LogP contribution in [0.25, 0.3) is 11.2 Å². The van der Waals surface area contributed by atoms with E-state index in [-0.39, 0.29) is 0 Å². The zero-order valence-corrected chi connectivity index (χ0v) is 12.1. The molecule has 1 saturated heterocycles. The normalized spacial score (nSPS) is 23.9. The maximum Gasteiger partial charge on any atom is 0.226 e. The average Bonchev–Trinajstić information content (AvgIpc) is 2.90. The van der Waals surface area contributed by atoms with E-state index in [0.29, 0.717) is 23.6 Å². The van der Waals surface area contributed by atoms with E-state index in [2.05, 4.69) is 49.4 Å². The van der Waals surface area contributed by atoms with Gasteiger partial charge in [-0.25, -0.2) is 4.98 Å². The highest BCUT2D eigenvalue weighted by Crippen LogP contribution is 2.24. The molecule has 3 rings (SSSR count). The molecule has 0 spiro atoms. The molecule has 2 aromatic rings. The lowest BCUT2D eigenvalue weighted by atomic mass is 9.94. The van der Waals surface area contributed by atoms with Gasteiger partial charge in [-0.2, -0.15) is 9.97 Å². The van der Waals surface area contributed by atoms with Crippen molar-refractivity contribution < 1.29 is 0 Å². The highest BCUT2D eigenvalue weighted by atomic mass is 15.2. The van der Waals surface area contributed by atoms with E-state index >= 15 is 0 Å². The third-order valence-electron chi connectivity index (χ3n) is 3.94. The number of imidazole rings is 1. The Bertz CT molecular complexity index is 593. The van der Waals surface area contributed by atoms with Crippen molar-refractivity contribution in [1.29, 1.82) is 0 Å². The molecule has 1 aliphatic heterocycles. The Morgan fingerprint density at radius 1 is 1.40 bits per heavy atom. The van der Waals surface area contributed by atoms with Gasteiger partial charge in [0.05, 0.1) is 6.33 Å². The van der Waals surface area contributed by atoms with Crippen LogP contribution in [0, 0.1) is 5.92 Å². The van der Waals surface area contributed by atoms with Crippen LogP contribution in [-0.2, 0) is 0 Å². The minimum Gasteiger partial charge on any atom is -0.365 e. The summed E-state index contributed by atoms with van der Waals surface area (Å²) in [5, 5.41) is 6.55. The fourth-order valence-electron chi connectivity index (χ4n) is 2.79. The monoisotopic (exact) mass is 275 g/mol. The fraction of sp³-hybridized carbons (Fsp3) is 0.615. The number of hydrogen-bond acceptors (Lipinski definition) is 6. The highest BCUT2D eigenvalue weighted by Gasteiger charge is 2.25. The van der Waals surface area contributed by atoms with Gasteiger partial charge in [-0.1, -0.05) is 6.92 Å². The molecule has 0 amide bonds. The summed E-state index contributed by atoms with van der Waals surface area (Å²) in [4.78, 5) is 18.5. The quantitative estimate of drug-likeness (QED) is 0.779. The van der Waals surface area contributed by atoms with Gasteiger partial charge in [-0.15, -0.1) is 0 Å². The maximum atomic E-state index is 4.52. The van der Waals surface area contributed by atoms with E-state index in [0.717, 1.165) is 30.8 Å². The van der Waals surface area contributed by atoms with Crippen molar-refractivity contribution >= 4 is 22.9 Å². The van der Waals surface area contributed by atoms with Crippen LogP contribution in [0.3, 0.4) is 0 Å². The largest absolute Gasteiger partial charge is 0.365 e. The summed E-state index contributed by atoms with van der Waals surface area (Å²) in [7, 11) is 3.99. The first kappa shape index (κ1) is 13.1. The Balaban J connectivity index is 1.88. The summed E-state index contributed by atoms with van der Waals surface area (Å²) in [6, 6.07) is 0.428. The Labute approximate surface area is 118 Å². The number of piperidine rings is 1. The van der Waals surface area contributed by atoms with Gasteiger partial charge in [0.2, 0.25) is 5.95 Å². The predicted octanol–water partition coefficient (Wildman–Crippen LogP) is 1.15. The number of H-pyrrole nitrogens is 1. The Morgan fingerprint density at radius 2 is 2.25 bits per heavy atom. The van der Waals surface area contributed by atoms with Crippen LogP contribution < -0.4 is 10.6 Å². The molecule has 0 saturated carbocycles. The molecule has 1 fully saturated rings. The second-order valence-corrected chi connectivity index (χ2v) is 5.53. The second-order valence-electron chi connectivity index (χ2n) is 5.53. The SMILES string of the molecule is CNc1nc(NC2CCN(C)CC2C)c2[nH]cnc2n1. The van der Waals surface area contributed by atoms with Crippen molar-refractivity contribution in [2.45, 2.75) is 19.4 Å². The van der Waals surface area contributed by atoms with E-state index in [1.807, 2.05) is 7.05 Å². The number of fused-ring (bicyclic) bond motifs is 1. The lowest BCUT2D eigenvalue weighted by Gasteiger charge is -2.35. The molecule has 1 aliphatic rings. The van der Waals surface area contributed by atoms with Gasteiger partial charge >= 0.3 is 0 Å². The van der Waals surface area contributed by atoms with E-state index in [1.165, 1.54) is 0 Å². The summed E-state index contributed by atoms with van der Waals surface area (Å²) in [5.74, 6) is 2.01. The fourth-order valence-corrected chi connectivity index (χ4v) is 2.79. The number of aromatic nitrogens is 4. The van der Waals surface area contributed by atoms with Gasteiger partial charge in [-0.3, -0.25) is 0 Å². The molecule has 0 aliphatic carbocycles. The zero-order chi connectivity index (χ0) is 14.1. The van der Waals surface area contributed by atoms with Crippen molar-refractivity contribution in [2.75, 3.05) is 37.8 Å². The van der Waals surface area contributed by atoms with Crippen LogP contribution >= 0.6 is 0 Å². The molecule has 2 unspecified atom stereocenters. The number of aromatic amines is 1. The molecule has 2 aromatic heterocycles. The molecule has 0 radical (unpaired) electrons. The van der Waals surface area contributed by atoms with Gasteiger partial charge in [-0.05, 0) is 25.9 Å². The van der Waals surface area contributed by atoms with E-state index in [1.54, 1.807) is 6.33 Å². The maximum absolute atomic E-state index is 4.52. The molecular weight excluding hydrogens is 254 g/mol. The van der Waals surface area contributed by atoms with Crippen LogP contribution in [0.15, 0.2) is 6.33 Å². The zero-order valence-electron chi connectivity index (χ0n) is 12.1. The summed E-state index contributed by atoms with van der Waals surface area (Å²) >= 11 is 0. The molecule has 3 N–H and O–H groups in total. The Morgan fingerprint density at radius 3 is 3.00 bits per heavy atom. The van der Waals surface area contributed by atoms with E-state index in [4.69, 9.17) is 0 Å². The third kappa shape index (κ3) is 2.40. The molecule has 7 nitrogen and oxygen atoms in total. The number of nitrogens with zero attached hydrogens (tertiary/aromatic N) is 4. The van der Waals surface area contributed by atoms with Gasteiger partial charge in [0.25, 0.3) is 0 Å². The van der Waals surface area contributed by atoms with E-state index in [9.17, 15) is 0 Å². The summed E-state index contributed by atoms with van der Waals surface area (Å²) in [5.41, 5.74) is 1.56. The number of hydrogen-bond donors (Lipinski definition) is 3. The first-order chi connectivity index (χ1) is 9.67. The lowest BCUT2D eigenvalue weighted by Crippen LogP contribution is -2.43. The van der Waals surface area contributed by atoms with Gasteiger partial charge in [0.15, 0.2) is 11.5 Å². The van der Waals surface area contributed by atoms with E-state index < -0.39 is 0 Å². The molecule has 0 bridgehead atoms. The molecule has 0 aromatic carbocycles. The minimum atomic E-state index is 0.428. The summed E-state index contributed by atoms with van der Waals surface area (Å²) < 4.78 is 0. The Kier molecular flexibility index (Phi) is 3.43. The number of likely N-dealkylation sites (tertiary alicyclic amines) is 1. The third-order valence-corrected chi connectivity index (χ3v) is 3.94. The van der Waals surface area contributed by atoms with Gasteiger partial charge in [0.1, 0.15) is 5.52 Å². The predicted molar refractivity (Wildman–Crippen MR) is 79.9 cm³/mol. The second kappa shape index (κ2) is 5.24. The number of nitrogens with one attached hydrogen (secondary N) is 3. The van der Waals surface area contributed by atoms with Crippen LogP contribution in [0.4, 0.5) is 11.8 Å². The topological polar surface area (TPSA) is 81.8 Å². The minimum absolute atomic E-state index is 0.428. The molecule has 20 heavy (non-hydrogen) atoms. The first-order valence-corrected chi connectivity index (χ1v) is 7.01. The number of rotatable bonds is 3.